The molecule has 1 N–H and O–H groups in total. The van der Waals surface area contributed by atoms with Gasteiger partial charge in [-0.2, -0.15) is 0 Å². The van der Waals surface area contributed by atoms with E-state index in [2.05, 4.69) is 10.8 Å². The number of hydrogen-bond acceptors (Lipinski definition) is 2. The van der Waals surface area contributed by atoms with E-state index in [0.717, 1.165) is 11.1 Å². The first kappa shape index (κ1) is 16.8. The fourth-order valence-electron chi connectivity index (χ4n) is 2.70. The molecule has 3 nitrogen and oxygen atoms in total. The van der Waals surface area contributed by atoms with Crippen LogP contribution in [0.3, 0.4) is 0 Å². The van der Waals surface area contributed by atoms with E-state index >= 15 is 0 Å². The molecular weight excluding hydrogens is 342 g/mol. The number of rotatable bonds is 4. The fraction of sp³-hybridized carbons (Fsp3) is 0.158. The number of hydrogen-bond donors (Lipinski definition) is 1. The summed E-state index contributed by atoms with van der Waals surface area (Å²) >= 11 is 5.95. The molecule has 124 valence electrons. The average Bonchev–Trinajstić information content (AvgIpc) is 2.83. The molecule has 24 heavy (non-hydrogen) atoms. The molecule has 2 aromatic carbocycles. The molecular formula is C19H18ClNO2S. The molecule has 3 rings (SSSR count). The zero-order valence-corrected chi connectivity index (χ0v) is 15.0. The van der Waals surface area contributed by atoms with Crippen LogP contribution in [-0.2, 0) is 10.0 Å². The highest BCUT2D eigenvalue weighted by molar-refractivity contribution is 7.89. The highest BCUT2D eigenvalue weighted by Gasteiger charge is 2.27. The monoisotopic (exact) mass is 359 g/mol. The summed E-state index contributed by atoms with van der Waals surface area (Å²) in [5, 5.41) is 0.645. The summed E-state index contributed by atoms with van der Waals surface area (Å²) in [6, 6.07) is 15.7. The van der Waals surface area contributed by atoms with Crippen molar-refractivity contribution in [3.05, 3.63) is 83.0 Å². The number of benzene rings is 2. The van der Waals surface area contributed by atoms with Gasteiger partial charge >= 0.3 is 0 Å². The van der Waals surface area contributed by atoms with Crippen LogP contribution < -0.4 is 4.72 Å². The van der Waals surface area contributed by atoms with E-state index in [1.165, 1.54) is 0 Å². The van der Waals surface area contributed by atoms with Gasteiger partial charge in [0, 0.05) is 16.0 Å². The minimum absolute atomic E-state index is 0.233. The smallest absolute Gasteiger partial charge is 0.261 e. The maximum absolute atomic E-state index is 12.6. The molecule has 0 saturated heterocycles. The number of allylic oxidation sites excluding steroid dienone is 3. The lowest BCUT2D eigenvalue weighted by Crippen LogP contribution is -2.23. The van der Waals surface area contributed by atoms with Gasteiger partial charge in [0.05, 0.1) is 10.6 Å². The third-order valence-electron chi connectivity index (χ3n) is 3.78. The van der Waals surface area contributed by atoms with Crippen LogP contribution in [0, 0.1) is 5.41 Å². The Morgan fingerprint density at radius 3 is 2.17 bits per heavy atom. The first-order valence-corrected chi connectivity index (χ1v) is 9.43. The predicted molar refractivity (Wildman–Crippen MR) is 98.1 cm³/mol. The molecule has 0 saturated carbocycles. The van der Waals surface area contributed by atoms with Crippen molar-refractivity contribution >= 4 is 27.2 Å². The van der Waals surface area contributed by atoms with Gasteiger partial charge in [-0.05, 0) is 29.8 Å². The summed E-state index contributed by atoms with van der Waals surface area (Å²) in [6.07, 6.45) is 3.98. The van der Waals surface area contributed by atoms with Crippen LogP contribution in [0.15, 0.2) is 77.3 Å². The molecule has 0 spiro atoms. The third-order valence-corrected chi connectivity index (χ3v) is 5.41. The molecule has 0 heterocycles. The predicted octanol–water partition coefficient (Wildman–Crippen LogP) is 4.63. The second kappa shape index (κ2) is 6.11. The molecule has 0 atom stereocenters. The Labute approximate surface area is 147 Å². The Bertz CT molecular complexity index is 912. The van der Waals surface area contributed by atoms with E-state index in [9.17, 15) is 8.42 Å². The summed E-state index contributed by atoms with van der Waals surface area (Å²) in [6.45, 7) is 4.07. The van der Waals surface area contributed by atoms with Crippen molar-refractivity contribution in [2.45, 2.75) is 18.7 Å². The van der Waals surface area contributed by atoms with Crippen LogP contribution in [-0.4, -0.2) is 8.42 Å². The Balaban J connectivity index is 1.97. The van der Waals surface area contributed by atoms with E-state index in [-0.39, 0.29) is 10.3 Å². The van der Waals surface area contributed by atoms with Crippen LogP contribution in [0.5, 0.6) is 0 Å². The summed E-state index contributed by atoms with van der Waals surface area (Å²) < 4.78 is 28.0. The Morgan fingerprint density at radius 1 is 0.917 bits per heavy atom. The fourth-order valence-corrected chi connectivity index (χ4v) is 3.91. The highest BCUT2D eigenvalue weighted by atomic mass is 35.5. The molecule has 1 aliphatic carbocycles. The molecule has 5 heteroatoms. The normalized spacial score (nSPS) is 16.5. The number of halogens is 1. The zero-order chi connectivity index (χ0) is 17.4. The first-order valence-electron chi connectivity index (χ1n) is 7.57. The molecule has 0 aromatic heterocycles. The highest BCUT2D eigenvalue weighted by Crippen LogP contribution is 2.38. The molecule has 1 aliphatic rings. The molecule has 0 aliphatic heterocycles. The lowest BCUT2D eigenvalue weighted by atomic mass is 9.95. The van der Waals surface area contributed by atoms with Crippen LogP contribution in [0.2, 0.25) is 5.02 Å². The van der Waals surface area contributed by atoms with Gasteiger partial charge in [-0.3, -0.25) is 4.72 Å². The maximum Gasteiger partial charge on any atom is 0.261 e. The van der Waals surface area contributed by atoms with Gasteiger partial charge in [-0.15, -0.1) is 0 Å². The second-order valence-corrected chi connectivity index (χ2v) is 8.48. The topological polar surface area (TPSA) is 46.2 Å². The minimum atomic E-state index is -3.63. The minimum Gasteiger partial charge on any atom is -0.279 e. The molecule has 0 fully saturated rings. The zero-order valence-electron chi connectivity index (χ0n) is 13.5. The molecule has 2 aromatic rings. The van der Waals surface area contributed by atoms with Gasteiger partial charge in [0.2, 0.25) is 0 Å². The van der Waals surface area contributed by atoms with Gasteiger partial charge < -0.3 is 0 Å². The first-order chi connectivity index (χ1) is 11.3. The van der Waals surface area contributed by atoms with Crippen molar-refractivity contribution in [2.24, 2.45) is 5.41 Å². The third kappa shape index (κ3) is 3.55. The van der Waals surface area contributed by atoms with Crippen LogP contribution >= 0.6 is 11.6 Å². The van der Waals surface area contributed by atoms with Gasteiger partial charge in [-0.25, -0.2) is 8.42 Å². The van der Waals surface area contributed by atoms with E-state index in [1.807, 2.05) is 32.1 Å². The summed E-state index contributed by atoms with van der Waals surface area (Å²) in [5.41, 5.74) is 2.14. The molecule has 0 radical (unpaired) electrons. The summed E-state index contributed by atoms with van der Waals surface area (Å²) in [7, 11) is -3.63. The van der Waals surface area contributed by atoms with Crippen molar-refractivity contribution in [3.8, 4) is 0 Å². The van der Waals surface area contributed by atoms with Gasteiger partial charge in [0.15, 0.2) is 0 Å². The maximum atomic E-state index is 12.6. The van der Waals surface area contributed by atoms with Crippen molar-refractivity contribution in [1.29, 1.82) is 0 Å². The Hall–Kier alpha value is -2.04. The molecule has 0 amide bonds. The second-order valence-electron chi connectivity index (χ2n) is 6.36. The summed E-state index contributed by atoms with van der Waals surface area (Å²) in [4.78, 5) is 0.242. The van der Waals surface area contributed by atoms with Crippen molar-refractivity contribution in [2.75, 3.05) is 0 Å². The number of sulfonamides is 1. The lowest BCUT2D eigenvalue weighted by Gasteiger charge is -2.13. The van der Waals surface area contributed by atoms with Crippen molar-refractivity contribution in [1.82, 2.24) is 4.72 Å². The van der Waals surface area contributed by atoms with Crippen LogP contribution in [0.1, 0.15) is 19.4 Å². The van der Waals surface area contributed by atoms with Crippen molar-refractivity contribution in [3.63, 3.8) is 0 Å². The largest absolute Gasteiger partial charge is 0.279 e. The van der Waals surface area contributed by atoms with Gasteiger partial charge in [-0.1, -0.05) is 67.9 Å². The van der Waals surface area contributed by atoms with E-state index in [0.29, 0.717) is 10.7 Å². The quantitative estimate of drug-likeness (QED) is 0.865. The Kier molecular flexibility index (Phi) is 4.28. The van der Waals surface area contributed by atoms with E-state index < -0.39 is 10.0 Å². The SMILES string of the molecule is CC1(C)C=C(NS(=O)(=O)c2ccccc2)C(c2ccc(Cl)cc2)=C1. The number of nitrogens with one attached hydrogen (secondary N) is 1. The van der Waals surface area contributed by atoms with Crippen LogP contribution in [0.25, 0.3) is 5.57 Å². The Morgan fingerprint density at radius 2 is 1.54 bits per heavy atom. The van der Waals surface area contributed by atoms with Gasteiger partial charge in [0.25, 0.3) is 10.0 Å². The van der Waals surface area contributed by atoms with E-state index in [1.54, 1.807) is 42.5 Å². The average molecular weight is 360 g/mol. The lowest BCUT2D eigenvalue weighted by molar-refractivity contribution is 0.588. The standard InChI is InChI=1S/C19H18ClNO2S/c1-19(2)12-17(14-8-10-15(20)11-9-14)18(13-19)21-24(22,23)16-6-4-3-5-7-16/h3-13,21H,1-2H3. The molecule has 0 bridgehead atoms. The van der Waals surface area contributed by atoms with Gasteiger partial charge in [0.1, 0.15) is 0 Å². The molecule has 0 unspecified atom stereocenters. The summed E-state index contributed by atoms with van der Waals surface area (Å²) in [5.74, 6) is 0. The van der Waals surface area contributed by atoms with E-state index in [4.69, 9.17) is 11.6 Å². The van der Waals surface area contributed by atoms with Crippen LogP contribution in [0.4, 0.5) is 0 Å². The van der Waals surface area contributed by atoms with Crippen molar-refractivity contribution < 1.29 is 8.42 Å².